The van der Waals surface area contributed by atoms with E-state index >= 15 is 0 Å². The number of hydrogen-bond acceptors (Lipinski definition) is 3. The molecular formula is C16H20N2O. The predicted molar refractivity (Wildman–Crippen MR) is 77.7 cm³/mol. The van der Waals surface area contributed by atoms with E-state index in [1.54, 1.807) is 0 Å². The second-order valence-corrected chi connectivity index (χ2v) is 4.87. The van der Waals surface area contributed by atoms with Crippen LogP contribution >= 0.6 is 0 Å². The molecule has 0 bridgehead atoms. The molecule has 3 nitrogen and oxygen atoms in total. The van der Waals surface area contributed by atoms with Gasteiger partial charge in [-0.05, 0) is 56.6 Å². The Hall–Kier alpha value is -1.87. The number of ether oxygens (including phenoxy) is 1. The third-order valence-corrected chi connectivity index (χ3v) is 3.02. The van der Waals surface area contributed by atoms with Crippen molar-refractivity contribution >= 4 is 0 Å². The predicted octanol–water partition coefficient (Wildman–Crippen LogP) is 3.52. The summed E-state index contributed by atoms with van der Waals surface area (Å²) in [5, 5.41) is 3.12. The SMILES string of the molecule is CNCc1cnc(Oc2cc(C)ccc2C)c(C)c1. The van der Waals surface area contributed by atoms with Crippen LogP contribution in [0.15, 0.2) is 30.5 Å². The van der Waals surface area contributed by atoms with E-state index < -0.39 is 0 Å². The van der Waals surface area contributed by atoms with Gasteiger partial charge in [0, 0.05) is 18.3 Å². The number of hydrogen-bond donors (Lipinski definition) is 1. The minimum Gasteiger partial charge on any atom is -0.438 e. The highest BCUT2D eigenvalue weighted by Gasteiger charge is 2.06. The van der Waals surface area contributed by atoms with E-state index in [2.05, 4.69) is 35.4 Å². The first-order valence-corrected chi connectivity index (χ1v) is 6.45. The van der Waals surface area contributed by atoms with Crippen LogP contribution in [-0.4, -0.2) is 12.0 Å². The second kappa shape index (κ2) is 5.85. The number of benzene rings is 1. The second-order valence-electron chi connectivity index (χ2n) is 4.87. The third-order valence-electron chi connectivity index (χ3n) is 3.02. The molecule has 2 aromatic rings. The van der Waals surface area contributed by atoms with Crippen LogP contribution in [0.1, 0.15) is 22.3 Å². The summed E-state index contributed by atoms with van der Waals surface area (Å²) in [7, 11) is 1.93. The van der Waals surface area contributed by atoms with Crippen LogP contribution in [0.3, 0.4) is 0 Å². The zero-order valence-corrected chi connectivity index (χ0v) is 11.9. The molecular weight excluding hydrogens is 236 g/mol. The first kappa shape index (κ1) is 13.6. The standard InChI is InChI=1S/C16H20N2O/c1-11-5-6-12(2)15(7-11)19-16-13(3)8-14(9-17-4)10-18-16/h5-8,10,17H,9H2,1-4H3. The van der Waals surface area contributed by atoms with Gasteiger partial charge in [-0.2, -0.15) is 0 Å². The molecule has 1 N–H and O–H groups in total. The molecule has 0 unspecified atom stereocenters. The number of nitrogens with one attached hydrogen (secondary N) is 1. The molecule has 0 atom stereocenters. The smallest absolute Gasteiger partial charge is 0.222 e. The molecule has 1 aromatic carbocycles. The first-order chi connectivity index (χ1) is 9.10. The van der Waals surface area contributed by atoms with E-state index in [0.717, 1.165) is 29.0 Å². The van der Waals surface area contributed by atoms with Crippen molar-refractivity contribution in [2.75, 3.05) is 7.05 Å². The number of aromatic nitrogens is 1. The molecule has 1 aromatic heterocycles. The van der Waals surface area contributed by atoms with Crippen molar-refractivity contribution in [3.63, 3.8) is 0 Å². The molecule has 100 valence electrons. The quantitative estimate of drug-likeness (QED) is 0.908. The van der Waals surface area contributed by atoms with Crippen molar-refractivity contribution < 1.29 is 4.74 Å². The average Bonchev–Trinajstić information content (AvgIpc) is 2.37. The van der Waals surface area contributed by atoms with E-state index in [1.807, 2.05) is 33.2 Å². The van der Waals surface area contributed by atoms with E-state index in [0.29, 0.717) is 5.88 Å². The molecule has 0 aliphatic rings. The Morgan fingerprint density at radius 3 is 2.58 bits per heavy atom. The summed E-state index contributed by atoms with van der Waals surface area (Å²) in [5.41, 5.74) is 4.51. The van der Waals surface area contributed by atoms with Crippen molar-refractivity contribution in [3.8, 4) is 11.6 Å². The molecule has 1 heterocycles. The van der Waals surface area contributed by atoms with Gasteiger partial charge in [-0.15, -0.1) is 0 Å². The average molecular weight is 256 g/mol. The lowest BCUT2D eigenvalue weighted by Gasteiger charge is -2.11. The highest BCUT2D eigenvalue weighted by Crippen LogP contribution is 2.27. The van der Waals surface area contributed by atoms with Crippen molar-refractivity contribution in [3.05, 3.63) is 52.7 Å². The van der Waals surface area contributed by atoms with Crippen LogP contribution in [0.5, 0.6) is 11.6 Å². The number of rotatable bonds is 4. The fourth-order valence-electron chi connectivity index (χ4n) is 1.95. The van der Waals surface area contributed by atoms with Crippen LogP contribution in [0.2, 0.25) is 0 Å². The van der Waals surface area contributed by atoms with Gasteiger partial charge in [-0.25, -0.2) is 4.98 Å². The highest BCUT2D eigenvalue weighted by molar-refractivity contribution is 5.40. The van der Waals surface area contributed by atoms with Crippen LogP contribution in [0, 0.1) is 20.8 Å². The molecule has 0 saturated heterocycles. The zero-order chi connectivity index (χ0) is 13.8. The molecule has 0 radical (unpaired) electrons. The molecule has 0 spiro atoms. The Morgan fingerprint density at radius 1 is 1.11 bits per heavy atom. The topological polar surface area (TPSA) is 34.2 Å². The van der Waals surface area contributed by atoms with Gasteiger partial charge in [0.2, 0.25) is 5.88 Å². The summed E-state index contributed by atoms with van der Waals surface area (Å²) in [4.78, 5) is 4.40. The van der Waals surface area contributed by atoms with Gasteiger partial charge < -0.3 is 10.1 Å². The summed E-state index contributed by atoms with van der Waals surface area (Å²) < 4.78 is 5.92. The Kier molecular flexibility index (Phi) is 4.17. The normalized spacial score (nSPS) is 10.5. The zero-order valence-electron chi connectivity index (χ0n) is 11.9. The molecule has 19 heavy (non-hydrogen) atoms. The Balaban J connectivity index is 2.25. The number of pyridine rings is 1. The van der Waals surface area contributed by atoms with Gasteiger partial charge in [0.1, 0.15) is 5.75 Å². The van der Waals surface area contributed by atoms with E-state index in [1.165, 1.54) is 5.56 Å². The van der Waals surface area contributed by atoms with Crippen molar-refractivity contribution in [2.24, 2.45) is 0 Å². The van der Waals surface area contributed by atoms with Gasteiger partial charge in [-0.1, -0.05) is 12.1 Å². The Morgan fingerprint density at radius 2 is 1.89 bits per heavy atom. The maximum Gasteiger partial charge on any atom is 0.222 e. The van der Waals surface area contributed by atoms with Crippen molar-refractivity contribution in [2.45, 2.75) is 27.3 Å². The van der Waals surface area contributed by atoms with E-state index in [4.69, 9.17) is 4.74 Å². The first-order valence-electron chi connectivity index (χ1n) is 6.45. The molecule has 0 fully saturated rings. The fraction of sp³-hybridized carbons (Fsp3) is 0.312. The van der Waals surface area contributed by atoms with Crippen LogP contribution in [0.4, 0.5) is 0 Å². The minimum atomic E-state index is 0.675. The Bertz CT molecular complexity index is 579. The maximum atomic E-state index is 5.92. The minimum absolute atomic E-state index is 0.675. The lowest BCUT2D eigenvalue weighted by Crippen LogP contribution is -2.06. The van der Waals surface area contributed by atoms with Crippen LogP contribution in [-0.2, 0) is 6.54 Å². The van der Waals surface area contributed by atoms with Crippen LogP contribution < -0.4 is 10.1 Å². The summed E-state index contributed by atoms with van der Waals surface area (Å²) in [6, 6.07) is 8.29. The fourth-order valence-corrected chi connectivity index (χ4v) is 1.95. The Labute approximate surface area is 114 Å². The number of nitrogens with zero attached hydrogens (tertiary/aromatic N) is 1. The lowest BCUT2D eigenvalue weighted by atomic mass is 10.1. The van der Waals surface area contributed by atoms with E-state index in [9.17, 15) is 0 Å². The van der Waals surface area contributed by atoms with Gasteiger partial charge in [-0.3, -0.25) is 0 Å². The highest BCUT2D eigenvalue weighted by atomic mass is 16.5. The monoisotopic (exact) mass is 256 g/mol. The largest absolute Gasteiger partial charge is 0.438 e. The molecule has 0 saturated carbocycles. The molecule has 2 rings (SSSR count). The summed E-state index contributed by atoms with van der Waals surface area (Å²) in [6.07, 6.45) is 1.85. The molecule has 0 amide bonds. The van der Waals surface area contributed by atoms with Crippen LogP contribution in [0.25, 0.3) is 0 Å². The third kappa shape index (κ3) is 3.32. The van der Waals surface area contributed by atoms with Gasteiger partial charge in [0.15, 0.2) is 0 Å². The van der Waals surface area contributed by atoms with Crippen molar-refractivity contribution in [1.29, 1.82) is 0 Å². The van der Waals surface area contributed by atoms with Gasteiger partial charge >= 0.3 is 0 Å². The van der Waals surface area contributed by atoms with E-state index in [-0.39, 0.29) is 0 Å². The molecule has 0 aliphatic heterocycles. The summed E-state index contributed by atoms with van der Waals surface area (Å²) in [6.45, 7) is 6.94. The van der Waals surface area contributed by atoms with Gasteiger partial charge in [0.05, 0.1) is 0 Å². The maximum absolute atomic E-state index is 5.92. The summed E-state index contributed by atoms with van der Waals surface area (Å²) >= 11 is 0. The van der Waals surface area contributed by atoms with Crippen molar-refractivity contribution in [1.82, 2.24) is 10.3 Å². The summed E-state index contributed by atoms with van der Waals surface area (Å²) in [5.74, 6) is 1.55. The molecule has 0 aliphatic carbocycles. The lowest BCUT2D eigenvalue weighted by molar-refractivity contribution is 0.454. The number of aryl methyl sites for hydroxylation is 3. The molecule has 3 heteroatoms. The van der Waals surface area contributed by atoms with Gasteiger partial charge in [0.25, 0.3) is 0 Å².